The molecule has 0 aliphatic heterocycles. The number of carbonyl (C=O) groups is 1. The molecule has 0 bridgehead atoms. The van der Waals surface area contributed by atoms with Gasteiger partial charge in [-0.05, 0) is 44.6 Å². The molecule has 0 spiro atoms. The highest BCUT2D eigenvalue weighted by Crippen LogP contribution is 2.37. The zero-order valence-electron chi connectivity index (χ0n) is 14.1. The quantitative estimate of drug-likeness (QED) is 0.627. The van der Waals surface area contributed by atoms with Crippen molar-refractivity contribution in [2.24, 2.45) is 0 Å². The summed E-state index contributed by atoms with van der Waals surface area (Å²) in [6.07, 6.45) is 7.24. The van der Waals surface area contributed by atoms with Crippen LogP contribution in [-0.4, -0.2) is 26.6 Å². The van der Waals surface area contributed by atoms with E-state index in [-0.39, 0.29) is 28.7 Å². The minimum Gasteiger partial charge on any atom is -0.477 e. The van der Waals surface area contributed by atoms with Gasteiger partial charge in [0.1, 0.15) is 11.3 Å². The maximum Gasteiger partial charge on any atom is 0.341 e. The van der Waals surface area contributed by atoms with Crippen LogP contribution >= 0.6 is 0 Å². The van der Waals surface area contributed by atoms with Gasteiger partial charge in [-0.25, -0.2) is 4.79 Å². The summed E-state index contributed by atoms with van der Waals surface area (Å²) in [6, 6.07) is 3.18. The van der Waals surface area contributed by atoms with Gasteiger partial charge in [-0.15, -0.1) is 0 Å². The molecule has 0 atom stereocenters. The smallest absolute Gasteiger partial charge is 0.341 e. The van der Waals surface area contributed by atoms with Gasteiger partial charge in [0.2, 0.25) is 5.43 Å². The van der Waals surface area contributed by atoms with Gasteiger partial charge in [0, 0.05) is 24.3 Å². The number of hydrogen-bond donors (Lipinski definition) is 2. The molecule has 1 aromatic heterocycles. The molecule has 1 aromatic carbocycles. The third kappa shape index (κ3) is 2.61. The lowest BCUT2D eigenvalue weighted by atomic mass is 9.91. The molecule has 2 aliphatic rings. The number of carboxylic acids is 1. The van der Waals surface area contributed by atoms with Gasteiger partial charge in [-0.1, -0.05) is 0 Å². The van der Waals surface area contributed by atoms with Gasteiger partial charge in [0.25, 0.3) is 5.69 Å². The molecule has 1 heterocycles. The average molecular weight is 357 g/mol. The number of rotatable bonds is 5. The van der Waals surface area contributed by atoms with Crippen LogP contribution in [0.25, 0.3) is 10.9 Å². The number of anilines is 1. The first kappa shape index (κ1) is 16.6. The van der Waals surface area contributed by atoms with Crippen LogP contribution in [0.15, 0.2) is 23.1 Å². The van der Waals surface area contributed by atoms with Crippen LogP contribution in [0, 0.1) is 10.1 Å². The summed E-state index contributed by atoms with van der Waals surface area (Å²) in [5.74, 6) is -1.32. The van der Waals surface area contributed by atoms with Crippen molar-refractivity contribution in [3.63, 3.8) is 0 Å². The highest BCUT2D eigenvalue weighted by atomic mass is 16.6. The fraction of sp³-hybridized carbons (Fsp3) is 0.444. The number of aromatic carboxylic acids is 1. The van der Waals surface area contributed by atoms with Gasteiger partial charge < -0.3 is 15.0 Å². The summed E-state index contributed by atoms with van der Waals surface area (Å²) in [4.78, 5) is 35.0. The van der Waals surface area contributed by atoms with E-state index in [2.05, 4.69) is 5.32 Å². The number of nitro groups is 1. The molecule has 26 heavy (non-hydrogen) atoms. The SMILES string of the molecule is O=C(O)c1cn(C2CCC2)c2cc(NC3CCC3)c([N+](=O)[O-])cc2c1=O. The van der Waals surface area contributed by atoms with Gasteiger partial charge >= 0.3 is 5.97 Å². The highest BCUT2D eigenvalue weighted by molar-refractivity contribution is 5.95. The Bertz CT molecular complexity index is 973. The van der Waals surface area contributed by atoms with E-state index in [4.69, 9.17) is 0 Å². The number of carboxylic acid groups (broad SMARTS) is 1. The first-order valence-corrected chi connectivity index (χ1v) is 8.83. The molecule has 0 unspecified atom stereocenters. The van der Waals surface area contributed by atoms with Crippen molar-refractivity contribution < 1.29 is 14.8 Å². The van der Waals surface area contributed by atoms with Crippen molar-refractivity contribution in [2.45, 2.75) is 50.6 Å². The summed E-state index contributed by atoms with van der Waals surface area (Å²) in [5, 5.41) is 24.2. The lowest BCUT2D eigenvalue weighted by Gasteiger charge is -2.31. The van der Waals surface area contributed by atoms with Crippen molar-refractivity contribution >= 4 is 28.2 Å². The summed E-state index contributed by atoms with van der Waals surface area (Å²) in [7, 11) is 0. The van der Waals surface area contributed by atoms with E-state index in [1.165, 1.54) is 12.3 Å². The predicted molar refractivity (Wildman–Crippen MR) is 96.0 cm³/mol. The number of nitrogens with one attached hydrogen (secondary N) is 1. The Morgan fingerprint density at radius 3 is 2.42 bits per heavy atom. The second-order valence-corrected chi connectivity index (χ2v) is 7.08. The van der Waals surface area contributed by atoms with Crippen LogP contribution in [0.1, 0.15) is 54.9 Å². The van der Waals surface area contributed by atoms with Crippen LogP contribution < -0.4 is 10.7 Å². The summed E-state index contributed by atoms with van der Waals surface area (Å²) in [6.45, 7) is 0. The normalized spacial score (nSPS) is 17.5. The monoisotopic (exact) mass is 357 g/mol. The fourth-order valence-electron chi connectivity index (χ4n) is 3.54. The first-order valence-electron chi connectivity index (χ1n) is 8.83. The van der Waals surface area contributed by atoms with Crippen LogP contribution in [-0.2, 0) is 0 Å². The van der Waals surface area contributed by atoms with E-state index < -0.39 is 16.3 Å². The van der Waals surface area contributed by atoms with E-state index >= 15 is 0 Å². The lowest BCUT2D eigenvalue weighted by molar-refractivity contribution is -0.383. The molecule has 0 saturated heterocycles. The standard InChI is InChI=1S/C18H19N3O5/c22-17-12-7-16(21(25)26)14(19-10-3-1-4-10)8-15(12)20(11-5-2-6-11)9-13(17)18(23)24/h7-11,19H,1-6H2,(H,23,24). The second kappa shape index (κ2) is 6.12. The molecular weight excluding hydrogens is 338 g/mol. The maximum absolute atomic E-state index is 12.6. The van der Waals surface area contributed by atoms with Gasteiger partial charge in [-0.2, -0.15) is 0 Å². The Labute approximate surface area is 148 Å². The molecule has 2 aromatic rings. The van der Waals surface area contributed by atoms with Crippen molar-refractivity contribution in [2.75, 3.05) is 5.32 Å². The number of fused-ring (bicyclic) bond motifs is 1. The molecule has 8 nitrogen and oxygen atoms in total. The number of aromatic nitrogens is 1. The molecule has 8 heteroatoms. The van der Waals surface area contributed by atoms with Crippen molar-refractivity contribution in [3.05, 3.63) is 44.2 Å². The fourth-order valence-corrected chi connectivity index (χ4v) is 3.54. The second-order valence-electron chi connectivity index (χ2n) is 7.08. The minimum absolute atomic E-state index is 0.0858. The Kier molecular flexibility index (Phi) is 3.90. The van der Waals surface area contributed by atoms with Crippen molar-refractivity contribution in [3.8, 4) is 0 Å². The molecule has 2 fully saturated rings. The third-order valence-corrected chi connectivity index (χ3v) is 5.51. The number of nitro benzene ring substituents is 1. The largest absolute Gasteiger partial charge is 0.477 e. The van der Waals surface area contributed by atoms with Crippen molar-refractivity contribution in [1.29, 1.82) is 0 Å². The van der Waals surface area contributed by atoms with E-state index in [0.717, 1.165) is 38.5 Å². The van der Waals surface area contributed by atoms with Gasteiger partial charge in [0.15, 0.2) is 0 Å². The zero-order valence-corrected chi connectivity index (χ0v) is 14.1. The van der Waals surface area contributed by atoms with Crippen LogP contribution in [0.5, 0.6) is 0 Å². The highest BCUT2D eigenvalue weighted by Gasteiger charge is 2.27. The van der Waals surface area contributed by atoms with Crippen LogP contribution in [0.3, 0.4) is 0 Å². The number of hydrogen-bond acceptors (Lipinski definition) is 5. The summed E-state index contributed by atoms with van der Waals surface area (Å²) >= 11 is 0. The van der Waals surface area contributed by atoms with E-state index in [1.54, 1.807) is 10.6 Å². The Morgan fingerprint density at radius 2 is 1.92 bits per heavy atom. The molecular formula is C18H19N3O5. The average Bonchev–Trinajstić information content (AvgIpc) is 2.50. The summed E-state index contributed by atoms with van der Waals surface area (Å²) in [5.41, 5.74) is -0.274. The molecule has 2 saturated carbocycles. The Balaban J connectivity index is 1.97. The minimum atomic E-state index is -1.32. The zero-order chi connectivity index (χ0) is 18.4. The van der Waals surface area contributed by atoms with Crippen LogP contribution in [0.2, 0.25) is 0 Å². The number of pyridine rings is 1. The number of benzene rings is 1. The molecule has 136 valence electrons. The van der Waals surface area contributed by atoms with Gasteiger partial charge in [-0.3, -0.25) is 14.9 Å². The van der Waals surface area contributed by atoms with Crippen molar-refractivity contribution in [1.82, 2.24) is 4.57 Å². The molecule has 4 rings (SSSR count). The topological polar surface area (TPSA) is 114 Å². The predicted octanol–water partition coefficient (Wildman–Crippen LogP) is 3.30. The first-order chi connectivity index (χ1) is 12.5. The third-order valence-electron chi connectivity index (χ3n) is 5.51. The van der Waals surface area contributed by atoms with Crippen LogP contribution in [0.4, 0.5) is 11.4 Å². The van der Waals surface area contributed by atoms with E-state index in [9.17, 15) is 24.8 Å². The maximum atomic E-state index is 12.6. The van der Waals surface area contributed by atoms with E-state index in [1.807, 2.05) is 0 Å². The van der Waals surface area contributed by atoms with E-state index in [0.29, 0.717) is 11.2 Å². The molecule has 2 N–H and O–H groups in total. The Morgan fingerprint density at radius 1 is 1.23 bits per heavy atom. The lowest BCUT2D eigenvalue weighted by Crippen LogP contribution is -2.28. The molecule has 0 radical (unpaired) electrons. The van der Waals surface area contributed by atoms with Gasteiger partial charge in [0.05, 0.1) is 15.8 Å². The number of nitrogens with zero attached hydrogens (tertiary/aromatic N) is 2. The molecule has 0 amide bonds. The molecule has 2 aliphatic carbocycles. The Hall–Kier alpha value is -2.90. The summed E-state index contributed by atoms with van der Waals surface area (Å²) < 4.78 is 1.80.